The number of rotatable bonds is 6. The number of carbonyl (C=O) groups is 1. The van der Waals surface area contributed by atoms with Crippen LogP contribution in [-0.4, -0.2) is 75.9 Å². The van der Waals surface area contributed by atoms with Crippen molar-refractivity contribution in [2.45, 2.75) is 63.8 Å². The van der Waals surface area contributed by atoms with E-state index in [2.05, 4.69) is 20.5 Å². The minimum Gasteiger partial charge on any atom is -0.396 e. The van der Waals surface area contributed by atoms with Crippen molar-refractivity contribution in [1.29, 1.82) is 0 Å². The molecule has 10 heteroatoms. The van der Waals surface area contributed by atoms with E-state index in [9.17, 15) is 14.3 Å². The third kappa shape index (κ3) is 5.71. The summed E-state index contributed by atoms with van der Waals surface area (Å²) in [4.78, 5) is 26.7. The molecule has 0 radical (unpaired) electrons. The third-order valence-electron chi connectivity index (χ3n) is 7.86. The Morgan fingerprint density at radius 1 is 1.22 bits per heavy atom. The fraction of sp³-hybridized carbons (Fsp3) is 0.593. The van der Waals surface area contributed by atoms with Crippen molar-refractivity contribution in [2.75, 3.05) is 38.2 Å². The number of benzene rings is 1. The van der Waals surface area contributed by atoms with Crippen molar-refractivity contribution in [1.82, 2.24) is 25.1 Å². The number of anilines is 1. The van der Waals surface area contributed by atoms with Gasteiger partial charge in [-0.2, -0.15) is 0 Å². The first-order valence-corrected chi connectivity index (χ1v) is 13.2. The maximum Gasteiger partial charge on any atom is 0.318 e. The van der Waals surface area contributed by atoms with Crippen LogP contribution < -0.4 is 10.6 Å². The summed E-state index contributed by atoms with van der Waals surface area (Å²) in [6.07, 6.45) is 4.35. The Bertz CT molecular complexity index is 1110. The molecular weight excluding hydrogens is 475 g/mol. The Hall–Kier alpha value is -2.82. The van der Waals surface area contributed by atoms with Crippen LogP contribution in [0.15, 0.2) is 30.5 Å². The van der Waals surface area contributed by atoms with Gasteiger partial charge in [0.05, 0.1) is 17.8 Å². The van der Waals surface area contributed by atoms with E-state index in [1.807, 2.05) is 26.1 Å². The number of nitrogens with one attached hydrogen (secondary N) is 2. The lowest BCUT2D eigenvalue weighted by Crippen LogP contribution is -2.55. The number of nitrogens with zero attached hydrogens (tertiary/aromatic N) is 4. The van der Waals surface area contributed by atoms with Gasteiger partial charge in [0.15, 0.2) is 0 Å². The predicted octanol–water partition coefficient (Wildman–Crippen LogP) is 2.85. The first-order valence-electron chi connectivity index (χ1n) is 13.2. The summed E-state index contributed by atoms with van der Waals surface area (Å²) in [6.45, 7) is 7.61. The molecule has 2 fully saturated rings. The molecule has 2 unspecified atom stereocenters. The van der Waals surface area contributed by atoms with E-state index in [0.717, 1.165) is 37.3 Å². The van der Waals surface area contributed by atoms with Crippen LogP contribution in [0.4, 0.5) is 15.1 Å². The summed E-state index contributed by atoms with van der Waals surface area (Å²) in [5.74, 6) is 0.363. The van der Waals surface area contributed by atoms with Gasteiger partial charge in [-0.25, -0.2) is 19.2 Å². The molecule has 4 heterocycles. The number of hydrogen-bond acceptors (Lipinski definition) is 7. The Balaban J connectivity index is 1.24. The largest absolute Gasteiger partial charge is 0.396 e. The van der Waals surface area contributed by atoms with E-state index in [-0.39, 0.29) is 30.4 Å². The van der Waals surface area contributed by atoms with Gasteiger partial charge in [-0.15, -0.1) is 0 Å². The lowest BCUT2D eigenvalue weighted by Gasteiger charge is -2.39. The van der Waals surface area contributed by atoms with Gasteiger partial charge < -0.3 is 25.4 Å². The van der Waals surface area contributed by atoms with Crippen molar-refractivity contribution in [3.05, 3.63) is 53.1 Å². The number of piperidine rings is 1. The molecule has 2 aromatic rings. The Kier molecular flexibility index (Phi) is 7.60. The number of halogens is 1. The van der Waals surface area contributed by atoms with Crippen LogP contribution in [0.2, 0.25) is 0 Å². The summed E-state index contributed by atoms with van der Waals surface area (Å²) in [7, 11) is 0. The average Bonchev–Trinajstić information content (AvgIpc) is 3.15. The van der Waals surface area contributed by atoms with Gasteiger partial charge >= 0.3 is 6.03 Å². The first-order chi connectivity index (χ1) is 17.8. The van der Waals surface area contributed by atoms with E-state index in [4.69, 9.17) is 9.72 Å². The highest BCUT2D eigenvalue weighted by Gasteiger charge is 2.43. The number of hydrogen-bond donors (Lipinski definition) is 3. The summed E-state index contributed by atoms with van der Waals surface area (Å²) >= 11 is 0. The second-order valence-corrected chi connectivity index (χ2v) is 10.9. The maximum atomic E-state index is 14.2. The molecular formula is C27H37FN6O3. The smallest absolute Gasteiger partial charge is 0.318 e. The molecule has 200 valence electrons. The zero-order chi connectivity index (χ0) is 26.0. The Labute approximate surface area is 217 Å². The highest BCUT2D eigenvalue weighted by Crippen LogP contribution is 2.38. The zero-order valence-corrected chi connectivity index (χ0v) is 21.6. The van der Waals surface area contributed by atoms with Gasteiger partial charge in [0.2, 0.25) is 5.95 Å². The zero-order valence-electron chi connectivity index (χ0n) is 21.6. The molecule has 3 aliphatic heterocycles. The van der Waals surface area contributed by atoms with Crippen molar-refractivity contribution >= 4 is 12.0 Å². The SMILES string of the molecule is CC1(C)c2cnc(NC3CCOCC3)nc2CN1C(=O)NC1CC(CO)CN(Cc2ccccc2F)C1. The second-order valence-electron chi connectivity index (χ2n) is 10.9. The number of ether oxygens (including phenoxy) is 1. The highest BCUT2D eigenvalue weighted by atomic mass is 19.1. The lowest BCUT2D eigenvalue weighted by atomic mass is 9.94. The molecule has 0 aliphatic carbocycles. The minimum atomic E-state index is -0.561. The van der Waals surface area contributed by atoms with Crippen molar-refractivity contribution in [3.8, 4) is 0 Å². The van der Waals surface area contributed by atoms with Crippen LogP contribution in [0.3, 0.4) is 0 Å². The van der Waals surface area contributed by atoms with Crippen molar-refractivity contribution in [2.24, 2.45) is 5.92 Å². The molecule has 2 amide bonds. The number of amides is 2. The summed E-state index contributed by atoms with van der Waals surface area (Å²) < 4.78 is 19.7. The normalized spacial score (nSPS) is 24.1. The predicted molar refractivity (Wildman–Crippen MR) is 137 cm³/mol. The Morgan fingerprint density at radius 2 is 2.00 bits per heavy atom. The van der Waals surface area contributed by atoms with E-state index in [1.54, 1.807) is 17.0 Å². The van der Waals surface area contributed by atoms with Gasteiger partial charge in [-0.1, -0.05) is 18.2 Å². The number of aromatic nitrogens is 2. The standard InChI is InChI=1S/C27H37FN6O3/c1-27(2)22-12-29-25(30-20-7-9-37-10-8-20)32-24(22)16-34(27)26(36)31-21-11-18(17-35)13-33(15-21)14-19-5-3-4-6-23(19)28/h3-6,12,18,20-21,35H,7-11,13-17H2,1-2H3,(H,31,36)(H,29,30,32). The summed E-state index contributed by atoms with van der Waals surface area (Å²) in [5.41, 5.74) is 1.85. The number of urea groups is 1. The number of aliphatic hydroxyl groups is 1. The van der Waals surface area contributed by atoms with E-state index in [0.29, 0.717) is 50.2 Å². The molecule has 0 spiro atoms. The van der Waals surface area contributed by atoms with Crippen LogP contribution in [0.5, 0.6) is 0 Å². The maximum absolute atomic E-state index is 14.2. The van der Waals surface area contributed by atoms with Crippen LogP contribution >= 0.6 is 0 Å². The molecule has 3 N–H and O–H groups in total. The second kappa shape index (κ2) is 10.9. The van der Waals surface area contributed by atoms with E-state index in [1.165, 1.54) is 6.07 Å². The van der Waals surface area contributed by atoms with Gasteiger partial charge in [-0.05, 0) is 45.1 Å². The van der Waals surface area contributed by atoms with E-state index < -0.39 is 5.54 Å². The fourth-order valence-corrected chi connectivity index (χ4v) is 5.75. The molecule has 9 nitrogen and oxygen atoms in total. The third-order valence-corrected chi connectivity index (χ3v) is 7.86. The van der Waals surface area contributed by atoms with Gasteiger partial charge in [0.1, 0.15) is 5.82 Å². The molecule has 37 heavy (non-hydrogen) atoms. The first kappa shape index (κ1) is 25.8. The van der Waals surface area contributed by atoms with Crippen molar-refractivity contribution < 1.29 is 19.0 Å². The molecule has 3 aliphatic rings. The quantitative estimate of drug-likeness (QED) is 0.547. The van der Waals surface area contributed by atoms with Gasteiger partial charge in [0.25, 0.3) is 0 Å². The monoisotopic (exact) mass is 512 g/mol. The van der Waals surface area contributed by atoms with Crippen LogP contribution in [0.25, 0.3) is 0 Å². The van der Waals surface area contributed by atoms with Gasteiger partial charge in [0, 0.05) is 68.9 Å². The number of carbonyl (C=O) groups excluding carboxylic acids is 1. The van der Waals surface area contributed by atoms with Crippen LogP contribution in [-0.2, 0) is 23.4 Å². The molecule has 2 atom stereocenters. The Morgan fingerprint density at radius 3 is 2.76 bits per heavy atom. The molecule has 5 rings (SSSR count). The minimum absolute atomic E-state index is 0.0132. The van der Waals surface area contributed by atoms with Crippen LogP contribution in [0.1, 0.15) is 49.9 Å². The molecule has 1 aromatic heterocycles. The topological polar surface area (TPSA) is 103 Å². The molecule has 0 saturated carbocycles. The number of aliphatic hydroxyl groups excluding tert-OH is 1. The molecule has 0 bridgehead atoms. The van der Waals surface area contributed by atoms with Gasteiger partial charge in [-0.3, -0.25) is 4.90 Å². The summed E-state index contributed by atoms with van der Waals surface area (Å²) in [6, 6.07) is 6.71. The molecule has 1 aromatic carbocycles. The lowest BCUT2D eigenvalue weighted by molar-refractivity contribution is 0.0862. The number of fused-ring (bicyclic) bond motifs is 1. The molecule has 2 saturated heterocycles. The van der Waals surface area contributed by atoms with Crippen molar-refractivity contribution in [3.63, 3.8) is 0 Å². The highest BCUT2D eigenvalue weighted by molar-refractivity contribution is 5.76. The number of likely N-dealkylation sites (tertiary alicyclic amines) is 1. The average molecular weight is 513 g/mol. The van der Waals surface area contributed by atoms with E-state index >= 15 is 0 Å². The summed E-state index contributed by atoms with van der Waals surface area (Å²) in [5, 5.41) is 16.5. The fourth-order valence-electron chi connectivity index (χ4n) is 5.75. The van der Waals surface area contributed by atoms with Crippen LogP contribution in [0, 0.1) is 11.7 Å².